The van der Waals surface area contributed by atoms with Crippen LogP contribution in [0.3, 0.4) is 0 Å². The number of benzene rings is 1. The minimum Gasteiger partial charge on any atom is -0.398 e. The molecule has 0 bridgehead atoms. The van der Waals surface area contributed by atoms with E-state index in [1.165, 1.54) is 10.6 Å². The van der Waals surface area contributed by atoms with E-state index in [2.05, 4.69) is 5.32 Å². The Hall–Kier alpha value is -1.27. The first kappa shape index (κ1) is 14.1. The second-order valence-corrected chi connectivity index (χ2v) is 7.08. The van der Waals surface area contributed by atoms with Crippen LogP contribution >= 0.6 is 0 Å². The van der Waals surface area contributed by atoms with E-state index in [1.54, 1.807) is 0 Å². The highest BCUT2D eigenvalue weighted by Gasteiger charge is 2.24. The first-order valence-electron chi connectivity index (χ1n) is 6.44. The summed E-state index contributed by atoms with van der Waals surface area (Å²) in [5, 5.41) is 3.46. The highest BCUT2D eigenvalue weighted by atomic mass is 32.2. The van der Waals surface area contributed by atoms with Gasteiger partial charge in [0.05, 0.1) is 6.26 Å². The van der Waals surface area contributed by atoms with Gasteiger partial charge in [0.1, 0.15) is 0 Å². The summed E-state index contributed by atoms with van der Waals surface area (Å²) in [6.07, 6.45) is 2.91. The van der Waals surface area contributed by atoms with E-state index >= 15 is 0 Å². The number of nitrogens with two attached hydrogens (primary N) is 1. The quantitative estimate of drug-likeness (QED) is 0.823. The molecule has 0 atom stereocenters. The third-order valence-corrected chi connectivity index (χ3v) is 4.96. The number of piperidine rings is 1. The standard InChI is InChI=1S/C13H21N3O2S/c1-10-12(14)4-3-5-13(10)15-11-6-8-16(9-7-11)19(2,17)18/h3-5,11,15H,6-9,14H2,1-2H3. The molecule has 5 nitrogen and oxygen atoms in total. The van der Waals surface area contributed by atoms with Crippen LogP contribution in [0.25, 0.3) is 0 Å². The van der Waals surface area contributed by atoms with Crippen molar-refractivity contribution < 1.29 is 8.42 Å². The maximum atomic E-state index is 11.4. The molecule has 0 aliphatic carbocycles. The van der Waals surface area contributed by atoms with Gasteiger partial charge in [0.25, 0.3) is 0 Å². The lowest BCUT2D eigenvalue weighted by Gasteiger charge is -2.31. The molecular formula is C13H21N3O2S. The normalized spacial score (nSPS) is 18.4. The minimum atomic E-state index is -3.05. The van der Waals surface area contributed by atoms with Gasteiger partial charge >= 0.3 is 0 Å². The molecule has 2 rings (SSSR count). The van der Waals surface area contributed by atoms with Gasteiger partial charge in [-0.3, -0.25) is 0 Å². The Morgan fingerprint density at radius 3 is 2.53 bits per heavy atom. The number of nitrogens with zero attached hydrogens (tertiary/aromatic N) is 1. The van der Waals surface area contributed by atoms with Crippen LogP contribution in [0.1, 0.15) is 18.4 Å². The van der Waals surface area contributed by atoms with Gasteiger partial charge in [-0.25, -0.2) is 12.7 Å². The average Bonchev–Trinajstić information content (AvgIpc) is 2.35. The summed E-state index contributed by atoms with van der Waals surface area (Å²) >= 11 is 0. The number of anilines is 2. The van der Waals surface area contributed by atoms with Crippen molar-refractivity contribution in [3.05, 3.63) is 23.8 Å². The van der Waals surface area contributed by atoms with Crippen LogP contribution in [0.15, 0.2) is 18.2 Å². The molecule has 0 saturated carbocycles. The predicted octanol–water partition coefficient (Wildman–Crippen LogP) is 1.41. The Bertz CT molecular complexity index is 549. The molecule has 6 heteroatoms. The Morgan fingerprint density at radius 2 is 1.95 bits per heavy atom. The van der Waals surface area contributed by atoms with Crippen molar-refractivity contribution in [3.63, 3.8) is 0 Å². The van der Waals surface area contributed by atoms with Crippen LogP contribution in [0.2, 0.25) is 0 Å². The monoisotopic (exact) mass is 283 g/mol. The largest absolute Gasteiger partial charge is 0.398 e. The van der Waals surface area contributed by atoms with Gasteiger partial charge in [-0.1, -0.05) is 6.07 Å². The first-order valence-corrected chi connectivity index (χ1v) is 8.29. The van der Waals surface area contributed by atoms with Crippen molar-refractivity contribution in [2.75, 3.05) is 30.4 Å². The van der Waals surface area contributed by atoms with Crippen LogP contribution in [0, 0.1) is 6.92 Å². The molecule has 1 heterocycles. The molecule has 1 aliphatic heterocycles. The smallest absolute Gasteiger partial charge is 0.211 e. The Morgan fingerprint density at radius 1 is 1.32 bits per heavy atom. The second kappa shape index (κ2) is 5.38. The highest BCUT2D eigenvalue weighted by molar-refractivity contribution is 7.88. The number of rotatable bonds is 3. The fourth-order valence-electron chi connectivity index (χ4n) is 2.36. The fraction of sp³-hybridized carbons (Fsp3) is 0.538. The molecule has 19 heavy (non-hydrogen) atoms. The highest BCUT2D eigenvalue weighted by Crippen LogP contribution is 2.24. The molecule has 3 N–H and O–H groups in total. The number of nitrogen functional groups attached to an aromatic ring is 1. The topological polar surface area (TPSA) is 75.4 Å². The van der Waals surface area contributed by atoms with E-state index in [4.69, 9.17) is 5.73 Å². The van der Waals surface area contributed by atoms with Crippen LogP contribution in [-0.2, 0) is 10.0 Å². The van der Waals surface area contributed by atoms with E-state index in [9.17, 15) is 8.42 Å². The summed E-state index contributed by atoms with van der Waals surface area (Å²) in [4.78, 5) is 0. The number of hydrogen-bond acceptors (Lipinski definition) is 4. The van der Waals surface area contributed by atoms with Gasteiger partial charge in [0, 0.05) is 30.5 Å². The molecule has 0 spiro atoms. The molecule has 1 fully saturated rings. The van der Waals surface area contributed by atoms with Gasteiger partial charge in [-0.15, -0.1) is 0 Å². The van der Waals surface area contributed by atoms with Crippen LogP contribution in [0.5, 0.6) is 0 Å². The fourth-order valence-corrected chi connectivity index (χ4v) is 3.24. The van der Waals surface area contributed by atoms with E-state index in [-0.39, 0.29) is 0 Å². The van der Waals surface area contributed by atoms with Gasteiger partial charge in [-0.2, -0.15) is 0 Å². The van der Waals surface area contributed by atoms with E-state index in [1.807, 2.05) is 25.1 Å². The number of sulfonamides is 1. The third-order valence-electron chi connectivity index (χ3n) is 3.66. The third kappa shape index (κ3) is 3.39. The zero-order chi connectivity index (χ0) is 14.0. The summed E-state index contributed by atoms with van der Waals surface area (Å²) in [6.45, 7) is 3.15. The maximum absolute atomic E-state index is 11.4. The molecule has 0 amide bonds. The summed E-state index contributed by atoms with van der Waals surface area (Å²) in [7, 11) is -3.05. The molecule has 106 valence electrons. The van der Waals surface area contributed by atoms with Gasteiger partial charge < -0.3 is 11.1 Å². The number of hydrogen-bond donors (Lipinski definition) is 2. The van der Waals surface area contributed by atoms with Crippen LogP contribution < -0.4 is 11.1 Å². The molecular weight excluding hydrogens is 262 g/mol. The molecule has 1 aromatic carbocycles. The first-order chi connectivity index (χ1) is 8.88. The van der Waals surface area contributed by atoms with Crippen molar-refractivity contribution in [1.29, 1.82) is 0 Å². The summed E-state index contributed by atoms with van der Waals surface area (Å²) in [5.74, 6) is 0. The zero-order valence-electron chi connectivity index (χ0n) is 11.4. The maximum Gasteiger partial charge on any atom is 0.211 e. The Labute approximate surface area is 114 Å². The van der Waals surface area contributed by atoms with Crippen molar-refractivity contribution in [3.8, 4) is 0 Å². The lowest BCUT2D eigenvalue weighted by molar-refractivity contribution is 0.332. The summed E-state index contributed by atoms with van der Waals surface area (Å²) in [5.41, 5.74) is 8.74. The molecule has 1 saturated heterocycles. The van der Waals surface area contributed by atoms with E-state index in [0.717, 1.165) is 29.8 Å². The number of nitrogens with one attached hydrogen (secondary N) is 1. The van der Waals surface area contributed by atoms with E-state index < -0.39 is 10.0 Å². The zero-order valence-corrected chi connectivity index (χ0v) is 12.2. The van der Waals surface area contributed by atoms with Gasteiger partial charge in [0.2, 0.25) is 10.0 Å². The van der Waals surface area contributed by atoms with Gasteiger partial charge in [0.15, 0.2) is 0 Å². The SMILES string of the molecule is Cc1c(N)cccc1NC1CCN(S(C)(=O)=O)CC1. The van der Waals surface area contributed by atoms with Crippen molar-refractivity contribution in [1.82, 2.24) is 4.31 Å². The Balaban J connectivity index is 1.98. The Kier molecular flexibility index (Phi) is 4.01. The van der Waals surface area contributed by atoms with Gasteiger partial charge in [-0.05, 0) is 37.5 Å². The predicted molar refractivity (Wildman–Crippen MR) is 78.7 cm³/mol. The second-order valence-electron chi connectivity index (χ2n) is 5.10. The molecule has 0 radical (unpaired) electrons. The van der Waals surface area contributed by atoms with Crippen LogP contribution in [0.4, 0.5) is 11.4 Å². The van der Waals surface area contributed by atoms with Crippen molar-refractivity contribution >= 4 is 21.4 Å². The lowest BCUT2D eigenvalue weighted by Crippen LogP contribution is -2.41. The average molecular weight is 283 g/mol. The molecule has 1 aliphatic rings. The molecule has 0 unspecified atom stereocenters. The van der Waals surface area contributed by atoms with E-state index in [0.29, 0.717) is 19.1 Å². The minimum absolute atomic E-state index is 0.304. The molecule has 1 aromatic rings. The lowest BCUT2D eigenvalue weighted by atomic mass is 10.0. The van der Waals surface area contributed by atoms with Crippen LogP contribution in [-0.4, -0.2) is 38.1 Å². The molecule has 0 aromatic heterocycles. The van der Waals surface area contributed by atoms with Crippen molar-refractivity contribution in [2.24, 2.45) is 0 Å². The summed E-state index contributed by atoms with van der Waals surface area (Å²) < 4.78 is 24.4. The van der Waals surface area contributed by atoms with Crippen molar-refractivity contribution in [2.45, 2.75) is 25.8 Å². The summed E-state index contributed by atoms with van der Waals surface area (Å²) in [6, 6.07) is 6.12.